The van der Waals surface area contributed by atoms with Gasteiger partial charge in [0.05, 0.1) is 24.9 Å². The van der Waals surface area contributed by atoms with Gasteiger partial charge in [-0.3, -0.25) is 4.79 Å². The van der Waals surface area contributed by atoms with Gasteiger partial charge in [0, 0.05) is 5.69 Å². The first-order chi connectivity index (χ1) is 9.52. The lowest BCUT2D eigenvalue weighted by molar-refractivity contribution is -0.141. The molecule has 0 aliphatic rings. The van der Waals surface area contributed by atoms with Crippen LogP contribution in [-0.4, -0.2) is 28.0 Å². The van der Waals surface area contributed by atoms with E-state index in [0.717, 1.165) is 22.7 Å². The van der Waals surface area contributed by atoms with Crippen LogP contribution < -0.4 is 4.74 Å². The summed E-state index contributed by atoms with van der Waals surface area (Å²) in [7, 11) is 1.62. The van der Waals surface area contributed by atoms with E-state index in [0.29, 0.717) is 6.42 Å². The zero-order chi connectivity index (χ0) is 14.7. The monoisotopic (exact) mass is 274 g/mol. The number of carboxylic acid groups (broad SMARTS) is 1. The quantitative estimate of drug-likeness (QED) is 0.909. The van der Waals surface area contributed by atoms with Gasteiger partial charge in [-0.25, -0.2) is 4.68 Å². The number of hydrogen-bond donors (Lipinski definition) is 1. The summed E-state index contributed by atoms with van der Waals surface area (Å²) >= 11 is 0. The Morgan fingerprint density at radius 3 is 2.60 bits per heavy atom. The molecule has 2 rings (SSSR count). The normalized spacial score (nSPS) is 12.2. The lowest BCUT2D eigenvalue weighted by Gasteiger charge is -2.08. The van der Waals surface area contributed by atoms with E-state index in [1.807, 2.05) is 35.9 Å². The number of aliphatic carboxylic acids is 1. The molecule has 106 valence electrons. The smallest absolute Gasteiger partial charge is 0.306 e. The minimum atomic E-state index is -0.790. The highest BCUT2D eigenvalue weighted by molar-refractivity contribution is 5.69. The van der Waals surface area contributed by atoms with Crippen LogP contribution in [0.15, 0.2) is 30.5 Å². The van der Waals surface area contributed by atoms with Crippen molar-refractivity contribution in [2.45, 2.75) is 20.3 Å². The molecule has 1 N–H and O–H groups in total. The molecule has 0 unspecified atom stereocenters. The minimum Gasteiger partial charge on any atom is -0.497 e. The molecule has 0 aliphatic heterocycles. The Hall–Kier alpha value is -2.30. The molecule has 1 atom stereocenters. The zero-order valence-electron chi connectivity index (χ0n) is 11.8. The van der Waals surface area contributed by atoms with Crippen molar-refractivity contribution >= 4 is 5.97 Å². The summed E-state index contributed by atoms with van der Waals surface area (Å²) in [5, 5.41) is 13.3. The first kappa shape index (κ1) is 14.1. The summed E-state index contributed by atoms with van der Waals surface area (Å²) in [4.78, 5) is 10.9. The lowest BCUT2D eigenvalue weighted by Crippen LogP contribution is -2.12. The maximum Gasteiger partial charge on any atom is 0.306 e. The number of ether oxygens (including phenoxy) is 1. The molecule has 5 nitrogen and oxygen atoms in total. The largest absolute Gasteiger partial charge is 0.497 e. The number of carbonyl (C=O) groups is 1. The molecule has 0 bridgehead atoms. The predicted octanol–water partition coefficient (Wildman–Crippen LogP) is 2.45. The SMILES string of the molecule is COc1ccc(-n2ncc(C[C@@H](C)C(=O)O)c2C)cc1. The Labute approximate surface area is 117 Å². The molecule has 0 spiro atoms. The molecule has 0 saturated carbocycles. The number of methoxy groups -OCH3 is 1. The van der Waals surface area contributed by atoms with E-state index in [2.05, 4.69) is 5.10 Å². The van der Waals surface area contributed by atoms with Crippen molar-refractivity contribution in [2.75, 3.05) is 7.11 Å². The van der Waals surface area contributed by atoms with Gasteiger partial charge in [-0.05, 0) is 43.2 Å². The third-order valence-electron chi connectivity index (χ3n) is 3.38. The number of hydrogen-bond acceptors (Lipinski definition) is 3. The van der Waals surface area contributed by atoms with Crippen molar-refractivity contribution in [1.82, 2.24) is 9.78 Å². The van der Waals surface area contributed by atoms with Gasteiger partial charge in [0.1, 0.15) is 5.75 Å². The molecule has 0 radical (unpaired) electrons. The summed E-state index contributed by atoms with van der Waals surface area (Å²) in [6, 6.07) is 7.58. The molecule has 2 aromatic rings. The summed E-state index contributed by atoms with van der Waals surface area (Å²) < 4.78 is 6.93. The predicted molar refractivity (Wildman–Crippen MR) is 75.4 cm³/mol. The Kier molecular flexibility index (Phi) is 4.08. The molecule has 0 aliphatic carbocycles. The highest BCUT2D eigenvalue weighted by atomic mass is 16.5. The standard InChI is InChI=1S/C15H18N2O3/c1-10(15(18)19)8-12-9-16-17(11(12)2)13-4-6-14(20-3)7-5-13/h4-7,9-10H,8H2,1-3H3,(H,18,19)/t10-/m1/s1. The number of aromatic nitrogens is 2. The number of carboxylic acids is 1. The maximum absolute atomic E-state index is 10.9. The fourth-order valence-corrected chi connectivity index (χ4v) is 2.04. The average Bonchev–Trinajstić information content (AvgIpc) is 2.80. The van der Waals surface area contributed by atoms with Crippen molar-refractivity contribution in [2.24, 2.45) is 5.92 Å². The van der Waals surface area contributed by atoms with Crippen LogP contribution in [0, 0.1) is 12.8 Å². The van der Waals surface area contributed by atoms with Crippen LogP contribution in [0.25, 0.3) is 5.69 Å². The van der Waals surface area contributed by atoms with Crippen LogP contribution in [0.5, 0.6) is 5.75 Å². The van der Waals surface area contributed by atoms with Crippen molar-refractivity contribution in [3.63, 3.8) is 0 Å². The van der Waals surface area contributed by atoms with Gasteiger partial charge in [-0.2, -0.15) is 5.10 Å². The van der Waals surface area contributed by atoms with E-state index in [1.165, 1.54) is 0 Å². The van der Waals surface area contributed by atoms with Crippen molar-refractivity contribution < 1.29 is 14.6 Å². The van der Waals surface area contributed by atoms with E-state index >= 15 is 0 Å². The van der Waals surface area contributed by atoms with Gasteiger partial charge in [-0.15, -0.1) is 0 Å². The Balaban J connectivity index is 2.25. The molecule has 0 amide bonds. The topological polar surface area (TPSA) is 64.4 Å². The van der Waals surface area contributed by atoms with Crippen LogP contribution in [0.3, 0.4) is 0 Å². The lowest BCUT2D eigenvalue weighted by atomic mass is 10.0. The molecule has 1 heterocycles. The third kappa shape index (κ3) is 2.82. The molecule has 20 heavy (non-hydrogen) atoms. The van der Waals surface area contributed by atoms with Crippen LogP contribution in [0.4, 0.5) is 0 Å². The number of nitrogens with zero attached hydrogens (tertiary/aromatic N) is 2. The van der Waals surface area contributed by atoms with Crippen molar-refractivity contribution in [1.29, 1.82) is 0 Å². The van der Waals surface area contributed by atoms with E-state index in [9.17, 15) is 4.79 Å². The zero-order valence-corrected chi connectivity index (χ0v) is 11.8. The highest BCUT2D eigenvalue weighted by Crippen LogP contribution is 2.19. The summed E-state index contributed by atoms with van der Waals surface area (Å²) in [5.74, 6) is -0.415. The fraction of sp³-hybridized carbons (Fsp3) is 0.333. The van der Waals surface area contributed by atoms with Crippen molar-refractivity contribution in [3.8, 4) is 11.4 Å². The molecule has 0 fully saturated rings. The van der Waals surface area contributed by atoms with Gasteiger partial charge >= 0.3 is 5.97 Å². The van der Waals surface area contributed by atoms with E-state index < -0.39 is 11.9 Å². The van der Waals surface area contributed by atoms with Gasteiger partial charge in [-0.1, -0.05) is 6.92 Å². The fourth-order valence-electron chi connectivity index (χ4n) is 2.04. The molecule has 1 aromatic carbocycles. The van der Waals surface area contributed by atoms with Crippen LogP contribution in [-0.2, 0) is 11.2 Å². The van der Waals surface area contributed by atoms with Gasteiger partial charge < -0.3 is 9.84 Å². The van der Waals surface area contributed by atoms with Crippen molar-refractivity contribution in [3.05, 3.63) is 41.7 Å². The average molecular weight is 274 g/mol. The third-order valence-corrected chi connectivity index (χ3v) is 3.38. The van der Waals surface area contributed by atoms with Gasteiger partial charge in [0.15, 0.2) is 0 Å². The number of rotatable bonds is 5. The summed E-state index contributed by atoms with van der Waals surface area (Å²) in [6.45, 7) is 3.65. The Morgan fingerprint density at radius 1 is 1.40 bits per heavy atom. The van der Waals surface area contributed by atoms with Gasteiger partial charge in [0.2, 0.25) is 0 Å². The van der Waals surface area contributed by atoms with Gasteiger partial charge in [0.25, 0.3) is 0 Å². The molecule has 5 heteroatoms. The minimum absolute atomic E-state index is 0.415. The second-order valence-corrected chi connectivity index (χ2v) is 4.81. The van der Waals surface area contributed by atoms with Crippen LogP contribution in [0.2, 0.25) is 0 Å². The second-order valence-electron chi connectivity index (χ2n) is 4.81. The first-order valence-corrected chi connectivity index (χ1v) is 6.43. The Morgan fingerprint density at radius 2 is 2.05 bits per heavy atom. The van der Waals surface area contributed by atoms with Crippen LogP contribution in [0.1, 0.15) is 18.2 Å². The van der Waals surface area contributed by atoms with E-state index in [1.54, 1.807) is 20.2 Å². The summed E-state index contributed by atoms with van der Waals surface area (Å²) in [5.41, 5.74) is 2.84. The Bertz CT molecular complexity index is 602. The van der Waals surface area contributed by atoms with Crippen LogP contribution >= 0.6 is 0 Å². The van der Waals surface area contributed by atoms with E-state index in [4.69, 9.17) is 9.84 Å². The first-order valence-electron chi connectivity index (χ1n) is 6.43. The number of benzene rings is 1. The highest BCUT2D eigenvalue weighted by Gasteiger charge is 2.16. The molecule has 0 saturated heterocycles. The molecular weight excluding hydrogens is 256 g/mol. The maximum atomic E-state index is 10.9. The molecular formula is C15H18N2O3. The molecule has 1 aromatic heterocycles. The summed E-state index contributed by atoms with van der Waals surface area (Å²) in [6.07, 6.45) is 2.22. The van der Waals surface area contributed by atoms with E-state index in [-0.39, 0.29) is 0 Å². The second kappa shape index (κ2) is 5.77.